The minimum atomic E-state index is -3.04. The number of ether oxygens (including phenoxy) is 1. The van der Waals surface area contributed by atoms with Gasteiger partial charge in [0.15, 0.2) is 5.96 Å². The first-order valence-corrected chi connectivity index (χ1v) is 9.29. The number of hydrogen-bond donors (Lipinski definition) is 2. The van der Waals surface area contributed by atoms with Gasteiger partial charge in [-0.3, -0.25) is 9.79 Å². The molecule has 0 radical (unpaired) electrons. The number of nitrogens with zero attached hydrogens (tertiary/aromatic N) is 2. The molecule has 162 valence electrons. The highest BCUT2D eigenvalue weighted by molar-refractivity contribution is 5.94. The summed E-state index contributed by atoms with van der Waals surface area (Å²) < 4.78 is 43.5. The van der Waals surface area contributed by atoms with E-state index in [1.54, 1.807) is 27.2 Å². The lowest BCUT2D eigenvalue weighted by atomic mass is 10.1. The quantitative estimate of drug-likeness (QED) is 0.507. The predicted octanol–water partition coefficient (Wildman–Crippen LogP) is 3.04. The van der Waals surface area contributed by atoms with Crippen LogP contribution in [0.25, 0.3) is 0 Å². The summed E-state index contributed by atoms with van der Waals surface area (Å²) in [5.74, 6) is -0.579. The van der Waals surface area contributed by atoms with E-state index in [1.165, 1.54) is 23.1 Å². The standard InChI is InChI=1S/C21H25F3N4O2/c1-25-21(27-13-16-17(22)8-5-9-18(16)30-20(23)24)26-11-10-14-6-4-7-15(12-14)19(29)28(2)3/h4-9,12,20H,10-11,13H2,1-3H3,(H2,25,26,27). The Bertz CT molecular complexity index is 888. The molecule has 1 amide bonds. The van der Waals surface area contributed by atoms with Crippen LogP contribution in [0.15, 0.2) is 47.5 Å². The SMILES string of the molecule is CN=C(NCCc1cccc(C(=O)N(C)C)c1)NCc1c(F)cccc1OC(F)F. The highest BCUT2D eigenvalue weighted by Gasteiger charge is 2.14. The summed E-state index contributed by atoms with van der Waals surface area (Å²) in [4.78, 5) is 17.6. The van der Waals surface area contributed by atoms with Crippen LogP contribution in [0.1, 0.15) is 21.5 Å². The smallest absolute Gasteiger partial charge is 0.387 e. The van der Waals surface area contributed by atoms with Crippen molar-refractivity contribution in [3.63, 3.8) is 0 Å². The third-order valence-corrected chi connectivity index (χ3v) is 4.23. The van der Waals surface area contributed by atoms with Crippen LogP contribution in [0.4, 0.5) is 13.2 Å². The van der Waals surface area contributed by atoms with Crippen molar-refractivity contribution in [3.05, 3.63) is 65.0 Å². The summed E-state index contributed by atoms with van der Waals surface area (Å²) >= 11 is 0. The fourth-order valence-corrected chi connectivity index (χ4v) is 2.75. The molecule has 0 aromatic heterocycles. The number of nitrogens with one attached hydrogen (secondary N) is 2. The van der Waals surface area contributed by atoms with Gasteiger partial charge in [-0.25, -0.2) is 4.39 Å². The van der Waals surface area contributed by atoms with Crippen molar-refractivity contribution in [1.29, 1.82) is 0 Å². The summed E-state index contributed by atoms with van der Waals surface area (Å²) in [6.07, 6.45) is 0.620. The third kappa shape index (κ3) is 6.68. The molecule has 2 aromatic rings. The lowest BCUT2D eigenvalue weighted by Gasteiger charge is -2.15. The summed E-state index contributed by atoms with van der Waals surface area (Å²) in [5.41, 5.74) is 1.55. The fraction of sp³-hybridized carbons (Fsp3) is 0.333. The molecule has 0 spiro atoms. The van der Waals surface area contributed by atoms with Crippen molar-refractivity contribution in [2.24, 2.45) is 4.99 Å². The molecule has 2 rings (SSSR count). The van der Waals surface area contributed by atoms with Gasteiger partial charge in [-0.15, -0.1) is 0 Å². The number of halogens is 3. The fourth-order valence-electron chi connectivity index (χ4n) is 2.75. The Hall–Kier alpha value is -3.23. The molecule has 0 heterocycles. The van der Waals surface area contributed by atoms with Gasteiger partial charge in [0.25, 0.3) is 5.91 Å². The number of benzene rings is 2. The van der Waals surface area contributed by atoms with Gasteiger partial charge < -0.3 is 20.3 Å². The summed E-state index contributed by atoms with van der Waals surface area (Å²) in [5, 5.41) is 5.96. The average molecular weight is 422 g/mol. The Kier molecular flexibility index (Phi) is 8.52. The van der Waals surface area contributed by atoms with E-state index in [4.69, 9.17) is 0 Å². The van der Waals surface area contributed by atoms with E-state index >= 15 is 0 Å². The van der Waals surface area contributed by atoms with E-state index < -0.39 is 12.4 Å². The maximum Gasteiger partial charge on any atom is 0.387 e. The molecule has 0 atom stereocenters. The number of alkyl halides is 2. The van der Waals surface area contributed by atoms with Gasteiger partial charge in [0.05, 0.1) is 0 Å². The number of guanidine groups is 1. The molecule has 0 aliphatic carbocycles. The lowest BCUT2D eigenvalue weighted by molar-refractivity contribution is -0.0506. The predicted molar refractivity (Wildman–Crippen MR) is 109 cm³/mol. The number of carbonyl (C=O) groups excluding carboxylic acids is 1. The molecule has 0 fully saturated rings. The molecule has 9 heteroatoms. The third-order valence-electron chi connectivity index (χ3n) is 4.23. The summed E-state index contributed by atoms with van der Waals surface area (Å²) in [6.45, 7) is -2.63. The zero-order valence-corrected chi connectivity index (χ0v) is 17.1. The van der Waals surface area contributed by atoms with Crippen molar-refractivity contribution >= 4 is 11.9 Å². The van der Waals surface area contributed by atoms with Crippen molar-refractivity contribution in [3.8, 4) is 5.75 Å². The topological polar surface area (TPSA) is 66.0 Å². The largest absolute Gasteiger partial charge is 0.434 e. The molecule has 6 nitrogen and oxygen atoms in total. The van der Waals surface area contributed by atoms with E-state index in [0.717, 1.165) is 5.56 Å². The molecule has 0 aliphatic heterocycles. The molecule has 2 aromatic carbocycles. The Labute approximate surface area is 173 Å². The Balaban J connectivity index is 1.93. The van der Waals surface area contributed by atoms with Crippen LogP contribution in [0.5, 0.6) is 5.75 Å². The second-order valence-corrected chi connectivity index (χ2v) is 6.60. The van der Waals surface area contributed by atoms with Crippen molar-refractivity contribution in [1.82, 2.24) is 15.5 Å². The van der Waals surface area contributed by atoms with Gasteiger partial charge in [-0.2, -0.15) is 8.78 Å². The number of carbonyl (C=O) groups is 1. The highest BCUT2D eigenvalue weighted by atomic mass is 19.3. The molecule has 0 saturated carbocycles. The molecule has 0 unspecified atom stereocenters. The first-order chi connectivity index (χ1) is 14.3. The normalized spacial score (nSPS) is 11.4. The zero-order chi connectivity index (χ0) is 22.1. The van der Waals surface area contributed by atoms with Crippen LogP contribution in [0.3, 0.4) is 0 Å². The molecule has 0 bridgehead atoms. The van der Waals surface area contributed by atoms with E-state index in [9.17, 15) is 18.0 Å². The van der Waals surface area contributed by atoms with Gasteiger partial charge in [0.1, 0.15) is 11.6 Å². The van der Waals surface area contributed by atoms with E-state index in [0.29, 0.717) is 24.5 Å². The molecule has 0 aliphatic rings. The Morgan fingerprint density at radius 2 is 1.90 bits per heavy atom. The highest BCUT2D eigenvalue weighted by Crippen LogP contribution is 2.23. The first kappa shape index (κ1) is 23.1. The number of aliphatic imine (C=N–C) groups is 1. The molecule has 30 heavy (non-hydrogen) atoms. The number of rotatable bonds is 8. The van der Waals surface area contributed by atoms with Crippen LogP contribution in [-0.4, -0.2) is 51.1 Å². The zero-order valence-electron chi connectivity index (χ0n) is 17.1. The van der Waals surface area contributed by atoms with Gasteiger partial charge in [-0.05, 0) is 36.2 Å². The van der Waals surface area contributed by atoms with Crippen LogP contribution < -0.4 is 15.4 Å². The lowest BCUT2D eigenvalue weighted by Crippen LogP contribution is -2.38. The van der Waals surface area contributed by atoms with Crippen molar-refractivity contribution in [2.45, 2.75) is 19.6 Å². The maximum absolute atomic E-state index is 14.0. The summed E-state index contributed by atoms with van der Waals surface area (Å²) in [7, 11) is 4.93. The molecule has 2 N–H and O–H groups in total. The monoisotopic (exact) mass is 422 g/mol. The van der Waals surface area contributed by atoms with Crippen molar-refractivity contribution in [2.75, 3.05) is 27.7 Å². The second kappa shape index (κ2) is 11.1. The average Bonchev–Trinajstić information content (AvgIpc) is 2.71. The van der Waals surface area contributed by atoms with Gasteiger partial charge in [0.2, 0.25) is 0 Å². The summed E-state index contributed by atoms with van der Waals surface area (Å²) in [6, 6.07) is 11.1. The number of amides is 1. The maximum atomic E-state index is 14.0. The molecular formula is C21H25F3N4O2. The first-order valence-electron chi connectivity index (χ1n) is 9.29. The Morgan fingerprint density at radius 3 is 2.57 bits per heavy atom. The van der Waals surface area contributed by atoms with Gasteiger partial charge in [0, 0.05) is 45.4 Å². The minimum Gasteiger partial charge on any atom is -0.434 e. The van der Waals surface area contributed by atoms with Gasteiger partial charge >= 0.3 is 6.61 Å². The van der Waals surface area contributed by atoms with Gasteiger partial charge in [-0.1, -0.05) is 18.2 Å². The molecule has 0 saturated heterocycles. The van der Waals surface area contributed by atoms with Crippen LogP contribution in [-0.2, 0) is 13.0 Å². The second-order valence-electron chi connectivity index (χ2n) is 6.60. The minimum absolute atomic E-state index is 0.0179. The van der Waals surface area contributed by atoms with E-state index in [1.807, 2.05) is 18.2 Å². The van der Waals surface area contributed by atoms with Crippen LogP contribution in [0.2, 0.25) is 0 Å². The molecular weight excluding hydrogens is 397 g/mol. The van der Waals surface area contributed by atoms with E-state index in [-0.39, 0.29) is 23.8 Å². The van der Waals surface area contributed by atoms with E-state index in [2.05, 4.69) is 20.4 Å². The Morgan fingerprint density at radius 1 is 1.17 bits per heavy atom. The van der Waals surface area contributed by atoms with Crippen LogP contribution in [0, 0.1) is 5.82 Å². The number of hydrogen-bond acceptors (Lipinski definition) is 3. The van der Waals surface area contributed by atoms with Crippen LogP contribution >= 0.6 is 0 Å². The van der Waals surface area contributed by atoms with Crippen molar-refractivity contribution < 1.29 is 22.7 Å².